The number of nitrogens with two attached hydrogens (primary N) is 1. The second kappa shape index (κ2) is 3.55. The number of ether oxygens (including phenoxy) is 2. The highest BCUT2D eigenvalue weighted by Gasteiger charge is 2.64. The van der Waals surface area contributed by atoms with Crippen LogP contribution in [0.4, 0.5) is 24.5 Å². The van der Waals surface area contributed by atoms with Crippen molar-refractivity contribution in [2.24, 2.45) is 0 Å². The van der Waals surface area contributed by atoms with Crippen molar-refractivity contribution in [2.75, 3.05) is 5.73 Å². The number of fused-ring (bicyclic) bond motifs is 1. The number of alkyl halides is 4. The molecule has 0 radical (unpaired) electrons. The van der Waals surface area contributed by atoms with Crippen LogP contribution in [0, 0.1) is 10.1 Å². The predicted molar refractivity (Wildman–Crippen MR) is 53.4 cm³/mol. The topological polar surface area (TPSA) is 87.6 Å². The lowest BCUT2D eigenvalue weighted by molar-refractivity contribution is -0.388. The third-order valence-corrected chi connectivity index (χ3v) is 2.41. The van der Waals surface area contributed by atoms with Crippen LogP contribution in [0.2, 0.25) is 0 Å². The minimum Gasteiger partial charge on any atom is -0.426 e. The lowest BCUT2D eigenvalue weighted by Crippen LogP contribution is -2.51. The van der Waals surface area contributed by atoms with Crippen molar-refractivity contribution in [1.29, 1.82) is 0 Å². The Bertz CT molecular complexity index is 537. The van der Waals surface area contributed by atoms with E-state index in [2.05, 4.69) is 9.47 Å². The van der Waals surface area contributed by atoms with Crippen LogP contribution in [0.25, 0.3) is 0 Å². The number of hydrogen-bond acceptors (Lipinski definition) is 5. The van der Waals surface area contributed by atoms with Crippen LogP contribution in [-0.2, 0) is 0 Å². The van der Waals surface area contributed by atoms with E-state index in [4.69, 9.17) is 17.3 Å². The molecule has 0 fully saturated rings. The van der Waals surface area contributed by atoms with E-state index in [9.17, 15) is 23.3 Å². The summed E-state index contributed by atoms with van der Waals surface area (Å²) in [6.45, 7) is 0. The molecule has 10 heteroatoms. The summed E-state index contributed by atoms with van der Waals surface area (Å²) in [5.41, 5.74) is 3.97. The first-order valence-electron chi connectivity index (χ1n) is 4.36. The first-order valence-corrected chi connectivity index (χ1v) is 4.74. The first kappa shape index (κ1) is 12.6. The van der Waals surface area contributed by atoms with Gasteiger partial charge in [0.1, 0.15) is 5.69 Å². The summed E-state index contributed by atoms with van der Waals surface area (Å²) in [5.74, 6) is -1.61. The molecule has 1 unspecified atom stereocenters. The molecule has 1 aliphatic rings. The van der Waals surface area contributed by atoms with Gasteiger partial charge in [-0.15, -0.1) is 0 Å². The van der Waals surface area contributed by atoms with Gasteiger partial charge in [-0.1, -0.05) is 0 Å². The highest BCUT2D eigenvalue weighted by atomic mass is 35.5. The van der Waals surface area contributed by atoms with Crippen molar-refractivity contribution in [3.05, 3.63) is 22.2 Å². The lowest BCUT2D eigenvalue weighted by Gasteiger charge is -2.32. The van der Waals surface area contributed by atoms with Gasteiger partial charge in [0.25, 0.3) is 0 Å². The van der Waals surface area contributed by atoms with Gasteiger partial charge in [-0.25, -0.2) is 0 Å². The average Bonchev–Trinajstić information content (AvgIpc) is 2.19. The molecule has 1 aliphatic heterocycles. The third-order valence-electron chi connectivity index (χ3n) is 2.12. The maximum absolute atomic E-state index is 13.3. The van der Waals surface area contributed by atoms with Crippen molar-refractivity contribution >= 4 is 23.0 Å². The van der Waals surface area contributed by atoms with E-state index in [-0.39, 0.29) is 0 Å². The zero-order valence-corrected chi connectivity index (χ0v) is 9.08. The Hall–Kier alpha value is -1.90. The first-order chi connectivity index (χ1) is 8.16. The van der Waals surface area contributed by atoms with Gasteiger partial charge >= 0.3 is 17.1 Å². The Kier molecular flexibility index (Phi) is 2.47. The minimum atomic E-state index is -4.49. The maximum Gasteiger partial charge on any atom is 0.488 e. The molecule has 0 saturated heterocycles. The molecule has 2 N–H and O–H groups in total. The molecule has 98 valence electrons. The number of anilines is 1. The monoisotopic (exact) mass is 284 g/mol. The zero-order chi connectivity index (χ0) is 13.7. The van der Waals surface area contributed by atoms with E-state index in [1.54, 1.807) is 0 Å². The number of nitro groups is 1. The number of hydrogen-bond donors (Lipinski definition) is 1. The predicted octanol–water partition coefficient (Wildman–Crippen LogP) is 2.40. The van der Waals surface area contributed by atoms with Gasteiger partial charge in [-0.2, -0.15) is 13.2 Å². The molecule has 1 aromatic rings. The number of nitrogens with zero attached hydrogens (tertiary/aromatic N) is 1. The molecular formula is C8H4ClF3N2O4. The second-order valence-electron chi connectivity index (χ2n) is 3.33. The molecule has 0 saturated carbocycles. The van der Waals surface area contributed by atoms with Crippen molar-refractivity contribution in [1.82, 2.24) is 0 Å². The van der Waals surface area contributed by atoms with Gasteiger partial charge in [-0.3, -0.25) is 10.1 Å². The quantitative estimate of drug-likeness (QED) is 0.370. The van der Waals surface area contributed by atoms with Crippen LogP contribution in [0.5, 0.6) is 11.5 Å². The van der Waals surface area contributed by atoms with E-state index in [1.807, 2.05) is 0 Å². The Morgan fingerprint density at radius 2 is 1.94 bits per heavy atom. The van der Waals surface area contributed by atoms with Gasteiger partial charge in [-0.05, 0) is 23.7 Å². The van der Waals surface area contributed by atoms with E-state index >= 15 is 0 Å². The number of nitro benzene ring substituents is 1. The third kappa shape index (κ3) is 1.67. The van der Waals surface area contributed by atoms with Gasteiger partial charge in [0, 0.05) is 0 Å². The summed E-state index contributed by atoms with van der Waals surface area (Å²) in [7, 11) is 0. The van der Waals surface area contributed by atoms with Gasteiger partial charge < -0.3 is 15.2 Å². The summed E-state index contributed by atoms with van der Waals surface area (Å²) >= 11 is 4.79. The molecule has 0 aromatic heterocycles. The molecule has 0 bridgehead atoms. The summed E-state index contributed by atoms with van der Waals surface area (Å²) < 4.78 is 47.5. The Morgan fingerprint density at radius 3 is 2.50 bits per heavy atom. The molecule has 1 aromatic carbocycles. The highest BCUT2D eigenvalue weighted by molar-refractivity contribution is 6.22. The number of benzene rings is 1. The highest BCUT2D eigenvalue weighted by Crippen LogP contribution is 2.52. The molecule has 1 heterocycles. The van der Waals surface area contributed by atoms with Crippen molar-refractivity contribution in [3.63, 3.8) is 0 Å². The summed E-state index contributed by atoms with van der Waals surface area (Å²) in [6.07, 6.45) is -4.49. The van der Waals surface area contributed by atoms with Crippen LogP contribution >= 0.6 is 11.6 Å². The van der Waals surface area contributed by atoms with Crippen LogP contribution in [0.15, 0.2) is 12.1 Å². The van der Waals surface area contributed by atoms with Gasteiger partial charge in [0.05, 0.1) is 4.92 Å². The molecule has 6 nitrogen and oxygen atoms in total. The molecule has 0 spiro atoms. The molecule has 18 heavy (non-hydrogen) atoms. The van der Waals surface area contributed by atoms with Crippen molar-refractivity contribution in [2.45, 2.75) is 11.4 Å². The normalized spacial score (nSPS) is 24.7. The van der Waals surface area contributed by atoms with Crippen LogP contribution in [-0.4, -0.2) is 16.3 Å². The molecule has 0 aliphatic carbocycles. The fraction of sp³-hybridized carbons (Fsp3) is 0.250. The van der Waals surface area contributed by atoms with E-state index in [0.29, 0.717) is 0 Å². The average molecular weight is 285 g/mol. The van der Waals surface area contributed by atoms with E-state index < -0.39 is 39.2 Å². The molecule has 2 rings (SSSR count). The number of nitrogen functional groups attached to an aromatic ring is 1. The number of halogens is 4. The zero-order valence-electron chi connectivity index (χ0n) is 8.32. The summed E-state index contributed by atoms with van der Waals surface area (Å²) in [4.78, 5) is 9.68. The van der Waals surface area contributed by atoms with E-state index in [1.165, 1.54) is 0 Å². The largest absolute Gasteiger partial charge is 0.488 e. The lowest BCUT2D eigenvalue weighted by atomic mass is 10.2. The molecule has 1 atom stereocenters. The number of rotatable bonds is 1. The Balaban J connectivity index is 2.64. The SMILES string of the molecule is Nc1ccc2c(c1[N+](=O)[O-])OC(F)(Cl)C(F)(F)O2. The van der Waals surface area contributed by atoms with Crippen molar-refractivity contribution < 1.29 is 27.6 Å². The fourth-order valence-electron chi connectivity index (χ4n) is 1.32. The molecule has 0 amide bonds. The minimum absolute atomic E-state index is 0.403. The summed E-state index contributed by atoms with van der Waals surface area (Å²) in [5, 5.41) is 6.65. The van der Waals surface area contributed by atoms with Crippen LogP contribution in [0.3, 0.4) is 0 Å². The standard InChI is InChI=1S/C8H4ClF3N2O4/c9-7(10)8(11,12)17-4-2-1-3(13)5(14(15)16)6(4)18-7/h1-2H,13H2. The Labute approximate surface area is 102 Å². The fourth-order valence-corrected chi connectivity index (χ4v) is 1.44. The summed E-state index contributed by atoms with van der Waals surface area (Å²) in [6, 6.07) is 1.84. The molecular weight excluding hydrogens is 281 g/mol. The smallest absolute Gasteiger partial charge is 0.426 e. The van der Waals surface area contributed by atoms with Crippen LogP contribution < -0.4 is 15.2 Å². The van der Waals surface area contributed by atoms with Crippen molar-refractivity contribution in [3.8, 4) is 11.5 Å². The second-order valence-corrected chi connectivity index (χ2v) is 3.81. The maximum atomic E-state index is 13.3. The Morgan fingerprint density at radius 1 is 1.33 bits per heavy atom. The van der Waals surface area contributed by atoms with Gasteiger partial charge in [0.15, 0.2) is 5.75 Å². The van der Waals surface area contributed by atoms with Gasteiger partial charge in [0.2, 0.25) is 5.75 Å². The van der Waals surface area contributed by atoms with Crippen LogP contribution in [0.1, 0.15) is 0 Å². The van der Waals surface area contributed by atoms with E-state index in [0.717, 1.165) is 12.1 Å².